The minimum atomic E-state index is -2.77. The van der Waals surface area contributed by atoms with E-state index in [0.717, 1.165) is 18.2 Å². The van der Waals surface area contributed by atoms with Crippen LogP contribution in [0, 0.1) is 21.4 Å². The number of nitriles is 1. The van der Waals surface area contributed by atoms with Crippen molar-refractivity contribution in [3.05, 3.63) is 40.0 Å². The molecular weight excluding hydrogens is 246 g/mol. The van der Waals surface area contributed by atoms with E-state index >= 15 is 0 Å². The highest BCUT2D eigenvalue weighted by Gasteiger charge is 2.28. The third-order valence-corrected chi connectivity index (χ3v) is 2.43. The summed E-state index contributed by atoms with van der Waals surface area (Å²) in [6.07, 6.45) is -3.30. The van der Waals surface area contributed by atoms with Gasteiger partial charge in [-0.2, -0.15) is 5.26 Å². The summed E-state index contributed by atoms with van der Waals surface area (Å²) in [6.45, 7) is 0. The summed E-state index contributed by atoms with van der Waals surface area (Å²) in [7, 11) is 0. The van der Waals surface area contributed by atoms with E-state index in [1.807, 2.05) is 0 Å². The second-order valence-electron chi connectivity index (χ2n) is 3.55. The molecule has 18 heavy (non-hydrogen) atoms. The summed E-state index contributed by atoms with van der Waals surface area (Å²) in [5.74, 6) is 0.0463. The second kappa shape index (κ2) is 4.41. The van der Waals surface area contributed by atoms with E-state index < -0.39 is 17.5 Å². The first-order valence-electron chi connectivity index (χ1n) is 4.88. The Balaban J connectivity index is 2.51. The second-order valence-corrected chi connectivity index (χ2v) is 3.55. The van der Waals surface area contributed by atoms with Gasteiger partial charge in [0, 0.05) is 17.7 Å². The molecule has 1 unspecified atom stereocenters. The molecule has 92 valence electrons. The van der Waals surface area contributed by atoms with E-state index in [9.17, 15) is 18.9 Å². The predicted molar refractivity (Wildman–Crippen MR) is 57.1 cm³/mol. The van der Waals surface area contributed by atoms with E-state index in [-0.39, 0.29) is 22.6 Å². The molecule has 0 aliphatic carbocycles. The molecule has 0 saturated carbocycles. The fourth-order valence-corrected chi connectivity index (χ4v) is 1.60. The zero-order valence-electron chi connectivity index (χ0n) is 8.84. The molecule has 0 saturated heterocycles. The largest absolute Gasteiger partial charge is 0.480 e. The number of alkyl halides is 2. The van der Waals surface area contributed by atoms with Crippen molar-refractivity contribution >= 4 is 11.3 Å². The third-order valence-electron chi connectivity index (χ3n) is 2.43. The van der Waals surface area contributed by atoms with Gasteiger partial charge in [0.1, 0.15) is 5.75 Å². The molecule has 0 aromatic heterocycles. The predicted octanol–water partition coefficient (Wildman–Crippen LogP) is 2.53. The van der Waals surface area contributed by atoms with Crippen molar-refractivity contribution in [2.24, 2.45) is 0 Å². The van der Waals surface area contributed by atoms with Crippen LogP contribution in [0.15, 0.2) is 24.3 Å². The molecule has 7 heteroatoms. The summed E-state index contributed by atoms with van der Waals surface area (Å²) in [5.41, 5.74) is -0.122. The van der Waals surface area contributed by atoms with Gasteiger partial charge in [-0.15, -0.1) is 0 Å². The van der Waals surface area contributed by atoms with Crippen LogP contribution in [0.25, 0.3) is 5.57 Å². The minimum absolute atomic E-state index is 0.0463. The van der Waals surface area contributed by atoms with Crippen molar-refractivity contribution in [2.75, 3.05) is 0 Å². The lowest BCUT2D eigenvalue weighted by atomic mass is 10.0. The van der Waals surface area contributed by atoms with E-state index in [4.69, 9.17) is 10.00 Å². The normalized spacial score (nSPS) is 17.4. The highest BCUT2D eigenvalue weighted by atomic mass is 19.3. The van der Waals surface area contributed by atoms with E-state index in [1.165, 1.54) is 6.07 Å². The van der Waals surface area contributed by atoms with Gasteiger partial charge in [0.15, 0.2) is 6.10 Å². The van der Waals surface area contributed by atoms with Crippen LogP contribution in [-0.4, -0.2) is 17.5 Å². The van der Waals surface area contributed by atoms with Gasteiger partial charge < -0.3 is 4.74 Å². The molecule has 0 radical (unpaired) electrons. The van der Waals surface area contributed by atoms with Gasteiger partial charge in [0.25, 0.3) is 12.1 Å². The summed E-state index contributed by atoms with van der Waals surface area (Å²) in [6, 6.07) is 5.22. The van der Waals surface area contributed by atoms with Crippen molar-refractivity contribution < 1.29 is 18.4 Å². The number of benzene rings is 1. The average molecular weight is 252 g/mol. The average Bonchev–Trinajstić information content (AvgIpc) is 2.36. The van der Waals surface area contributed by atoms with E-state index in [1.54, 1.807) is 6.07 Å². The molecule has 5 nitrogen and oxygen atoms in total. The Morgan fingerprint density at radius 3 is 2.78 bits per heavy atom. The number of halogens is 2. The first-order chi connectivity index (χ1) is 8.52. The van der Waals surface area contributed by atoms with Gasteiger partial charge in [-0.25, -0.2) is 8.78 Å². The fourth-order valence-electron chi connectivity index (χ4n) is 1.60. The van der Waals surface area contributed by atoms with Crippen LogP contribution in [0.2, 0.25) is 0 Å². The number of non-ortho nitro benzene ring substituents is 1. The number of fused-ring (bicyclic) bond motifs is 1. The van der Waals surface area contributed by atoms with Crippen LogP contribution in [0.1, 0.15) is 5.56 Å². The standard InChI is InChI=1S/C11H6F2N2O3/c12-11(13)10-3-6(5-14)8-4-7(15(16)17)1-2-9(8)18-10/h1-4,10-11H. The molecule has 0 fully saturated rings. The number of rotatable bonds is 2. The van der Waals surface area contributed by atoms with Crippen LogP contribution in [0.4, 0.5) is 14.5 Å². The monoisotopic (exact) mass is 252 g/mol. The number of nitro benzene ring substituents is 1. The number of nitro groups is 1. The number of hydrogen-bond acceptors (Lipinski definition) is 4. The smallest absolute Gasteiger partial charge is 0.278 e. The Morgan fingerprint density at radius 2 is 2.22 bits per heavy atom. The highest BCUT2D eigenvalue weighted by molar-refractivity contribution is 5.82. The lowest BCUT2D eigenvalue weighted by molar-refractivity contribution is -0.384. The van der Waals surface area contributed by atoms with Gasteiger partial charge in [-0.1, -0.05) is 0 Å². The molecule has 1 aliphatic rings. The maximum atomic E-state index is 12.5. The van der Waals surface area contributed by atoms with Gasteiger partial charge >= 0.3 is 0 Å². The van der Waals surface area contributed by atoms with Gasteiger partial charge in [0.05, 0.1) is 16.6 Å². The first-order valence-corrected chi connectivity index (χ1v) is 4.88. The lowest BCUT2D eigenvalue weighted by Gasteiger charge is -2.22. The van der Waals surface area contributed by atoms with Crippen LogP contribution in [0.3, 0.4) is 0 Å². The van der Waals surface area contributed by atoms with Crippen molar-refractivity contribution in [3.8, 4) is 11.8 Å². The Labute approximate surface area is 100 Å². The molecule has 1 aromatic carbocycles. The molecule has 0 amide bonds. The Morgan fingerprint density at radius 1 is 1.50 bits per heavy atom. The molecule has 1 heterocycles. The van der Waals surface area contributed by atoms with Gasteiger partial charge in [-0.3, -0.25) is 10.1 Å². The molecule has 2 rings (SSSR count). The molecule has 0 bridgehead atoms. The van der Waals surface area contributed by atoms with Crippen molar-refractivity contribution in [1.29, 1.82) is 5.26 Å². The summed E-state index contributed by atoms with van der Waals surface area (Å²) in [5, 5.41) is 19.5. The number of hydrogen-bond donors (Lipinski definition) is 0. The lowest BCUT2D eigenvalue weighted by Crippen LogP contribution is -2.26. The Hall–Kier alpha value is -2.49. The van der Waals surface area contributed by atoms with Crippen molar-refractivity contribution in [1.82, 2.24) is 0 Å². The van der Waals surface area contributed by atoms with Crippen LogP contribution >= 0.6 is 0 Å². The molecular formula is C11H6F2N2O3. The van der Waals surface area contributed by atoms with E-state index in [0.29, 0.717) is 0 Å². The zero-order chi connectivity index (χ0) is 13.3. The Bertz CT molecular complexity index is 578. The van der Waals surface area contributed by atoms with Gasteiger partial charge in [0.2, 0.25) is 0 Å². The van der Waals surface area contributed by atoms with Crippen molar-refractivity contribution in [3.63, 3.8) is 0 Å². The van der Waals surface area contributed by atoms with Crippen LogP contribution in [-0.2, 0) is 0 Å². The van der Waals surface area contributed by atoms with Crippen LogP contribution in [0.5, 0.6) is 5.75 Å². The summed E-state index contributed by atoms with van der Waals surface area (Å²) in [4.78, 5) is 9.97. The Kier molecular flexibility index (Phi) is 2.93. The van der Waals surface area contributed by atoms with Crippen LogP contribution < -0.4 is 4.74 Å². The first kappa shape index (κ1) is 12.0. The molecule has 0 spiro atoms. The van der Waals surface area contributed by atoms with Gasteiger partial charge in [-0.05, 0) is 12.1 Å². The molecule has 1 aliphatic heterocycles. The summed E-state index contributed by atoms with van der Waals surface area (Å²) >= 11 is 0. The molecule has 0 N–H and O–H groups in total. The van der Waals surface area contributed by atoms with E-state index in [2.05, 4.69) is 0 Å². The minimum Gasteiger partial charge on any atom is -0.480 e. The number of ether oxygens (including phenoxy) is 1. The third kappa shape index (κ3) is 2.00. The SMILES string of the molecule is N#CC1=CC(C(F)F)Oc2ccc([N+](=O)[O-])cc21. The maximum absolute atomic E-state index is 12.5. The number of allylic oxidation sites excluding steroid dienone is 1. The highest BCUT2D eigenvalue weighted by Crippen LogP contribution is 2.35. The molecule has 1 atom stereocenters. The topological polar surface area (TPSA) is 76.2 Å². The summed E-state index contributed by atoms with van der Waals surface area (Å²) < 4.78 is 30.0. The maximum Gasteiger partial charge on any atom is 0.278 e. The quantitative estimate of drug-likeness (QED) is 0.598. The van der Waals surface area contributed by atoms with Crippen molar-refractivity contribution in [2.45, 2.75) is 12.5 Å². The molecule has 1 aromatic rings. The zero-order valence-corrected chi connectivity index (χ0v) is 8.84. The number of nitrogens with zero attached hydrogens (tertiary/aromatic N) is 2. The fraction of sp³-hybridized carbons (Fsp3) is 0.182.